The summed E-state index contributed by atoms with van der Waals surface area (Å²) >= 11 is 1.50. The molecular weight excluding hydrogens is 390 g/mol. The topological polar surface area (TPSA) is 55.2 Å². The van der Waals surface area contributed by atoms with Crippen LogP contribution in [0.15, 0.2) is 65.7 Å². The van der Waals surface area contributed by atoms with Crippen LogP contribution in [-0.4, -0.2) is 43.1 Å². The fraction of sp³-hybridized carbons (Fsp3) is 0.250. The lowest BCUT2D eigenvalue weighted by molar-refractivity contribution is 0.313. The highest BCUT2D eigenvalue weighted by atomic mass is 32.1. The molecule has 0 atom stereocenters. The van der Waals surface area contributed by atoms with Gasteiger partial charge in [0.2, 0.25) is 0 Å². The van der Waals surface area contributed by atoms with Crippen molar-refractivity contribution in [2.45, 2.75) is 6.92 Å². The molecule has 6 heteroatoms. The minimum absolute atomic E-state index is 0.574. The molecule has 2 aromatic carbocycles. The number of nitrogens with zero attached hydrogens (tertiary/aromatic N) is 4. The molecule has 1 aromatic heterocycles. The van der Waals surface area contributed by atoms with Crippen LogP contribution >= 0.6 is 11.3 Å². The summed E-state index contributed by atoms with van der Waals surface area (Å²) in [5.41, 5.74) is 5.54. The highest BCUT2D eigenvalue weighted by molar-refractivity contribution is 7.11. The Bertz CT molecular complexity index is 1050. The fourth-order valence-corrected chi connectivity index (χ4v) is 4.40. The maximum Gasteiger partial charge on any atom is 0.136 e. The first-order valence-electron chi connectivity index (χ1n) is 10.1. The van der Waals surface area contributed by atoms with E-state index in [2.05, 4.69) is 57.5 Å². The van der Waals surface area contributed by atoms with Crippen molar-refractivity contribution in [1.82, 2.24) is 9.88 Å². The molecule has 1 aliphatic heterocycles. The fourth-order valence-electron chi connectivity index (χ4n) is 3.52. The molecule has 152 valence electrons. The summed E-state index contributed by atoms with van der Waals surface area (Å²) in [5, 5.41) is 15.9. The van der Waals surface area contributed by atoms with Gasteiger partial charge in [-0.2, -0.15) is 5.26 Å². The number of aromatic nitrogens is 1. The summed E-state index contributed by atoms with van der Waals surface area (Å²) in [6.07, 6.45) is 0. The summed E-state index contributed by atoms with van der Waals surface area (Å²) in [4.78, 5) is 9.45. The zero-order valence-electron chi connectivity index (χ0n) is 17.3. The SMILES string of the molecule is C/C(Nc1ccc(N2CCN(C)CC2)cc1)=C(/C#N)c1nc(-c2ccccc2)cs1. The van der Waals surface area contributed by atoms with E-state index in [-0.39, 0.29) is 0 Å². The molecule has 0 bridgehead atoms. The van der Waals surface area contributed by atoms with E-state index in [1.165, 1.54) is 17.0 Å². The van der Waals surface area contributed by atoms with Gasteiger partial charge < -0.3 is 15.1 Å². The van der Waals surface area contributed by atoms with Crippen molar-refractivity contribution in [3.8, 4) is 17.3 Å². The van der Waals surface area contributed by atoms with E-state index in [1.54, 1.807) is 0 Å². The molecule has 0 saturated carbocycles. The third kappa shape index (κ3) is 4.54. The van der Waals surface area contributed by atoms with Gasteiger partial charge in [-0.15, -0.1) is 11.3 Å². The van der Waals surface area contributed by atoms with Crippen LogP contribution < -0.4 is 10.2 Å². The van der Waals surface area contributed by atoms with Gasteiger partial charge in [0.15, 0.2) is 0 Å². The number of rotatable bonds is 5. The molecule has 3 aromatic rings. The van der Waals surface area contributed by atoms with Crippen LogP contribution in [0.3, 0.4) is 0 Å². The first-order chi connectivity index (χ1) is 14.6. The summed E-state index contributed by atoms with van der Waals surface area (Å²) < 4.78 is 0. The van der Waals surface area contributed by atoms with Crippen molar-refractivity contribution in [2.75, 3.05) is 43.4 Å². The maximum absolute atomic E-state index is 9.75. The van der Waals surface area contributed by atoms with Gasteiger partial charge >= 0.3 is 0 Å². The maximum atomic E-state index is 9.75. The smallest absolute Gasteiger partial charge is 0.136 e. The van der Waals surface area contributed by atoms with Crippen molar-refractivity contribution >= 4 is 28.3 Å². The number of benzene rings is 2. The second-order valence-corrected chi connectivity index (χ2v) is 8.34. The number of nitrogens with one attached hydrogen (secondary N) is 1. The highest BCUT2D eigenvalue weighted by Gasteiger charge is 2.15. The average molecular weight is 416 g/mol. The average Bonchev–Trinajstić information content (AvgIpc) is 3.26. The predicted octanol–water partition coefficient (Wildman–Crippen LogP) is 4.93. The van der Waals surface area contributed by atoms with Crippen molar-refractivity contribution in [1.29, 1.82) is 5.26 Å². The van der Waals surface area contributed by atoms with Crippen LogP contribution in [0.5, 0.6) is 0 Å². The molecule has 0 unspecified atom stereocenters. The highest BCUT2D eigenvalue weighted by Crippen LogP contribution is 2.28. The lowest BCUT2D eigenvalue weighted by Crippen LogP contribution is -2.44. The monoisotopic (exact) mass is 415 g/mol. The molecule has 1 N–H and O–H groups in total. The third-order valence-corrected chi connectivity index (χ3v) is 6.20. The summed E-state index contributed by atoms with van der Waals surface area (Å²) in [6.45, 7) is 6.21. The van der Waals surface area contributed by atoms with Crippen molar-refractivity contribution < 1.29 is 0 Å². The molecule has 4 rings (SSSR count). The van der Waals surface area contributed by atoms with E-state index in [9.17, 15) is 5.26 Å². The minimum atomic E-state index is 0.574. The van der Waals surface area contributed by atoms with E-state index in [4.69, 9.17) is 0 Å². The largest absolute Gasteiger partial charge is 0.369 e. The lowest BCUT2D eigenvalue weighted by atomic mass is 10.2. The van der Waals surface area contributed by atoms with E-state index >= 15 is 0 Å². The van der Waals surface area contributed by atoms with E-state index < -0.39 is 0 Å². The Morgan fingerprint density at radius 2 is 1.73 bits per heavy atom. The standard InChI is InChI=1S/C24H25N5S/c1-18(22(16-25)24-27-23(17-30-24)19-6-4-3-5-7-19)26-20-8-10-21(11-9-20)29-14-12-28(2)13-15-29/h3-11,17,26H,12-15H2,1-2H3/b22-18+. The molecule has 1 fully saturated rings. The molecule has 0 aliphatic carbocycles. The van der Waals surface area contributed by atoms with Crippen molar-refractivity contribution in [2.24, 2.45) is 0 Å². The van der Waals surface area contributed by atoms with Crippen LogP contribution in [0.2, 0.25) is 0 Å². The molecule has 1 aliphatic rings. The van der Waals surface area contributed by atoms with Crippen LogP contribution in [-0.2, 0) is 0 Å². The quantitative estimate of drug-likeness (QED) is 0.599. The third-order valence-electron chi connectivity index (χ3n) is 5.34. The number of allylic oxidation sites excluding steroid dienone is 2. The minimum Gasteiger partial charge on any atom is -0.369 e. The lowest BCUT2D eigenvalue weighted by Gasteiger charge is -2.34. The number of hydrogen-bond donors (Lipinski definition) is 1. The summed E-state index contributed by atoms with van der Waals surface area (Å²) in [7, 11) is 2.16. The van der Waals surface area contributed by atoms with Gasteiger partial charge in [-0.05, 0) is 38.2 Å². The Balaban J connectivity index is 1.49. The molecule has 0 amide bonds. The first-order valence-corrected chi connectivity index (χ1v) is 10.9. The van der Waals surface area contributed by atoms with Gasteiger partial charge in [0.1, 0.15) is 16.6 Å². The van der Waals surface area contributed by atoms with E-state index in [0.717, 1.165) is 53.8 Å². The second-order valence-electron chi connectivity index (χ2n) is 7.48. The molecule has 30 heavy (non-hydrogen) atoms. The molecule has 0 radical (unpaired) electrons. The molecular formula is C24H25N5S. The predicted molar refractivity (Wildman–Crippen MR) is 126 cm³/mol. The number of piperazine rings is 1. The number of likely N-dealkylation sites (N-methyl/N-ethyl adjacent to an activating group) is 1. The number of nitriles is 1. The van der Waals surface area contributed by atoms with Crippen LogP contribution in [0.25, 0.3) is 16.8 Å². The first kappa shape index (κ1) is 20.1. The molecule has 1 saturated heterocycles. The van der Waals surface area contributed by atoms with Gasteiger partial charge in [-0.3, -0.25) is 0 Å². The number of hydrogen-bond acceptors (Lipinski definition) is 6. The Kier molecular flexibility index (Phi) is 6.12. The summed E-state index contributed by atoms with van der Waals surface area (Å²) in [5.74, 6) is 0. The van der Waals surface area contributed by atoms with Gasteiger partial charge in [-0.25, -0.2) is 4.98 Å². The molecule has 2 heterocycles. The second kappa shape index (κ2) is 9.12. The van der Waals surface area contributed by atoms with Gasteiger partial charge in [0, 0.05) is 54.2 Å². The van der Waals surface area contributed by atoms with Gasteiger partial charge in [0.05, 0.1) is 5.69 Å². The van der Waals surface area contributed by atoms with E-state index in [0.29, 0.717) is 5.57 Å². The van der Waals surface area contributed by atoms with Crippen molar-refractivity contribution in [3.05, 3.63) is 70.7 Å². The number of thiazole rings is 1. The van der Waals surface area contributed by atoms with Crippen LogP contribution in [0.4, 0.5) is 11.4 Å². The number of anilines is 2. The van der Waals surface area contributed by atoms with Gasteiger partial charge in [0.25, 0.3) is 0 Å². The molecule has 0 spiro atoms. The van der Waals surface area contributed by atoms with E-state index in [1.807, 2.05) is 42.6 Å². The normalized spacial score (nSPS) is 15.4. The van der Waals surface area contributed by atoms with Gasteiger partial charge in [-0.1, -0.05) is 30.3 Å². The Morgan fingerprint density at radius 1 is 1.03 bits per heavy atom. The van der Waals surface area contributed by atoms with Crippen LogP contribution in [0, 0.1) is 11.3 Å². The van der Waals surface area contributed by atoms with Crippen molar-refractivity contribution in [3.63, 3.8) is 0 Å². The zero-order chi connectivity index (χ0) is 20.9. The zero-order valence-corrected chi connectivity index (χ0v) is 18.1. The Labute approximate surface area is 181 Å². The van der Waals surface area contributed by atoms with Crippen LogP contribution in [0.1, 0.15) is 11.9 Å². The Morgan fingerprint density at radius 3 is 2.40 bits per heavy atom. The summed E-state index contributed by atoms with van der Waals surface area (Å²) in [6, 6.07) is 20.8. The molecule has 5 nitrogen and oxygen atoms in total. The Hall–Kier alpha value is -3.14.